The molecule has 5 N–H and O–H groups in total. The Bertz CT molecular complexity index is 1180. The van der Waals surface area contributed by atoms with Gasteiger partial charge in [-0.3, -0.25) is 14.4 Å². The van der Waals surface area contributed by atoms with Crippen LogP contribution in [-0.2, 0) is 14.4 Å². The number of benzene rings is 1. The lowest BCUT2D eigenvalue weighted by Crippen LogP contribution is -2.59. The molecule has 4 atom stereocenters. The Morgan fingerprint density at radius 3 is 2.27 bits per heavy atom. The van der Waals surface area contributed by atoms with Crippen molar-refractivity contribution in [2.24, 2.45) is 5.41 Å². The molecule has 1 aliphatic heterocycles. The van der Waals surface area contributed by atoms with Gasteiger partial charge in [-0.2, -0.15) is 0 Å². The lowest BCUT2D eigenvalue weighted by Gasteiger charge is -2.36. The first kappa shape index (κ1) is 31.7. The normalized spacial score (nSPS) is 19.3. The Kier molecular flexibility index (Phi) is 10.1. The van der Waals surface area contributed by atoms with Gasteiger partial charge in [0.25, 0.3) is 0 Å². The zero-order valence-corrected chi connectivity index (χ0v) is 25.3. The Balaban J connectivity index is 1.74. The van der Waals surface area contributed by atoms with Crippen molar-refractivity contribution < 1.29 is 24.6 Å². The predicted molar refractivity (Wildman–Crippen MR) is 156 cm³/mol. The number of aliphatic hydroxyl groups excluding tert-OH is 2. The van der Waals surface area contributed by atoms with Gasteiger partial charge in [-0.05, 0) is 44.2 Å². The van der Waals surface area contributed by atoms with E-state index in [1.54, 1.807) is 16.8 Å². The molecule has 0 saturated carbocycles. The molecule has 220 valence electrons. The lowest BCUT2D eigenvalue weighted by molar-refractivity contribution is -0.144. The van der Waals surface area contributed by atoms with Crippen molar-refractivity contribution >= 4 is 29.1 Å². The molecule has 3 rings (SSSR count). The van der Waals surface area contributed by atoms with Crippen molar-refractivity contribution in [2.75, 3.05) is 19.7 Å². The number of nitrogens with zero attached hydrogens (tertiary/aromatic N) is 2. The van der Waals surface area contributed by atoms with E-state index in [0.717, 1.165) is 16.1 Å². The first-order valence-electron chi connectivity index (χ1n) is 13.5. The summed E-state index contributed by atoms with van der Waals surface area (Å²) in [6, 6.07) is 5.00. The number of hydrogen-bond acceptors (Lipinski definition) is 8. The van der Waals surface area contributed by atoms with E-state index in [1.165, 1.54) is 4.90 Å². The molecule has 40 heavy (non-hydrogen) atoms. The molecule has 1 aliphatic rings. The van der Waals surface area contributed by atoms with Crippen LogP contribution in [0.25, 0.3) is 10.4 Å². The molecule has 0 aliphatic carbocycles. The first-order valence-corrected chi connectivity index (χ1v) is 14.4. The van der Waals surface area contributed by atoms with Crippen molar-refractivity contribution in [3.05, 3.63) is 41.0 Å². The molecule has 3 amide bonds. The molecule has 2 aromatic rings. The summed E-state index contributed by atoms with van der Waals surface area (Å²) in [5.74, 6) is -1.24. The average molecular weight is 574 g/mol. The number of carbonyl (C=O) groups is 3. The van der Waals surface area contributed by atoms with E-state index < -0.39 is 41.5 Å². The number of amides is 3. The quantitative estimate of drug-likeness (QED) is 0.309. The predicted octanol–water partition coefficient (Wildman–Crippen LogP) is 2.15. The molecule has 2 heterocycles. The molecule has 0 radical (unpaired) electrons. The van der Waals surface area contributed by atoms with Crippen LogP contribution in [0.5, 0.6) is 0 Å². The van der Waals surface area contributed by atoms with Gasteiger partial charge in [0, 0.05) is 18.5 Å². The Morgan fingerprint density at radius 1 is 1.10 bits per heavy atom. The summed E-state index contributed by atoms with van der Waals surface area (Å²) in [5.41, 5.74) is 3.51. The third-order valence-electron chi connectivity index (χ3n) is 6.88. The molecule has 1 fully saturated rings. The average Bonchev–Trinajstić information content (AvgIpc) is 3.48. The maximum absolute atomic E-state index is 13.7. The van der Waals surface area contributed by atoms with Crippen molar-refractivity contribution in [3.8, 4) is 10.4 Å². The molecule has 0 spiro atoms. The Morgan fingerprint density at radius 2 is 1.75 bits per heavy atom. The lowest BCUT2D eigenvalue weighted by atomic mass is 9.85. The van der Waals surface area contributed by atoms with Crippen molar-refractivity contribution in [2.45, 2.75) is 84.7 Å². The van der Waals surface area contributed by atoms with Crippen LogP contribution in [0.1, 0.15) is 65.3 Å². The fourth-order valence-electron chi connectivity index (χ4n) is 4.63. The minimum absolute atomic E-state index is 0.0215. The Hall–Kier alpha value is -2.86. The van der Waals surface area contributed by atoms with Gasteiger partial charge < -0.3 is 31.1 Å². The van der Waals surface area contributed by atoms with Crippen LogP contribution in [0.2, 0.25) is 0 Å². The molecule has 4 unspecified atom stereocenters. The van der Waals surface area contributed by atoms with Gasteiger partial charge in [-0.1, -0.05) is 45.0 Å². The van der Waals surface area contributed by atoms with Crippen LogP contribution in [0.15, 0.2) is 29.8 Å². The molecule has 1 aromatic heterocycles. The summed E-state index contributed by atoms with van der Waals surface area (Å²) >= 11 is 1.54. The number of aryl methyl sites for hydroxylation is 1. The van der Waals surface area contributed by atoms with E-state index in [4.69, 9.17) is 0 Å². The second-order valence-corrected chi connectivity index (χ2v) is 13.4. The van der Waals surface area contributed by atoms with Crippen LogP contribution >= 0.6 is 11.3 Å². The van der Waals surface area contributed by atoms with E-state index in [-0.39, 0.29) is 37.6 Å². The summed E-state index contributed by atoms with van der Waals surface area (Å²) in [6.45, 7) is 13.0. The van der Waals surface area contributed by atoms with Crippen molar-refractivity contribution in [1.29, 1.82) is 0 Å². The third-order valence-corrected chi connectivity index (χ3v) is 7.86. The van der Waals surface area contributed by atoms with E-state index in [9.17, 15) is 24.6 Å². The van der Waals surface area contributed by atoms with Crippen LogP contribution in [0, 0.1) is 12.3 Å². The van der Waals surface area contributed by atoms with Gasteiger partial charge in [0.2, 0.25) is 17.7 Å². The highest BCUT2D eigenvalue weighted by atomic mass is 32.1. The topological polar surface area (TPSA) is 144 Å². The monoisotopic (exact) mass is 573 g/mol. The number of nitrogens with one attached hydrogen (secondary N) is 3. The second kappa shape index (κ2) is 12.8. The number of rotatable bonds is 9. The van der Waals surface area contributed by atoms with Crippen LogP contribution in [0.3, 0.4) is 0 Å². The highest BCUT2D eigenvalue weighted by Crippen LogP contribution is 2.29. The maximum Gasteiger partial charge on any atom is 0.246 e. The number of thiazole rings is 1. The van der Waals surface area contributed by atoms with Gasteiger partial charge in [0.05, 0.1) is 41.4 Å². The van der Waals surface area contributed by atoms with E-state index in [0.29, 0.717) is 5.56 Å². The van der Waals surface area contributed by atoms with Gasteiger partial charge in [-0.25, -0.2) is 4.98 Å². The fraction of sp³-hybridized carbons (Fsp3) is 0.586. The van der Waals surface area contributed by atoms with E-state index in [1.807, 2.05) is 72.7 Å². The van der Waals surface area contributed by atoms with Crippen LogP contribution in [-0.4, -0.2) is 81.2 Å². The summed E-state index contributed by atoms with van der Waals surface area (Å²) in [7, 11) is 0. The largest absolute Gasteiger partial charge is 0.394 e. The zero-order valence-electron chi connectivity index (χ0n) is 24.4. The minimum atomic E-state index is -0.940. The number of aromatic nitrogens is 1. The molecule has 11 heteroatoms. The fourth-order valence-corrected chi connectivity index (χ4v) is 5.44. The first-order chi connectivity index (χ1) is 18.6. The van der Waals surface area contributed by atoms with Gasteiger partial charge in [-0.15, -0.1) is 11.3 Å². The smallest absolute Gasteiger partial charge is 0.246 e. The summed E-state index contributed by atoms with van der Waals surface area (Å²) in [6.07, 6.45) is -0.816. The standard InChI is InChI=1S/C29H43N5O5S/c1-17-24(40-16-30-17)19-10-8-18(9-11-19)21(15-35)32-26(38)22-12-20(36)14-34(22)27(39)25(28(2,3)4)33-23(37)13-31-29(5,6)7/h8-11,16,20-22,25,31,35-36H,12-15H2,1-7H3,(H,32,38)(H,33,37). The summed E-state index contributed by atoms with van der Waals surface area (Å²) in [4.78, 5) is 46.5. The van der Waals surface area contributed by atoms with Gasteiger partial charge >= 0.3 is 0 Å². The SMILES string of the molecule is Cc1ncsc1-c1ccc(C(CO)NC(=O)C2CC(O)CN2C(=O)C(NC(=O)CNC(C)(C)C)C(C)(C)C)cc1. The number of carbonyl (C=O) groups excluding carboxylic acids is 3. The molecular formula is C29H43N5O5S. The number of likely N-dealkylation sites (tertiary alicyclic amines) is 1. The number of aliphatic hydroxyl groups is 2. The zero-order chi connectivity index (χ0) is 29.8. The third kappa shape index (κ3) is 8.09. The second-order valence-electron chi connectivity index (χ2n) is 12.5. The van der Waals surface area contributed by atoms with Crippen molar-refractivity contribution in [1.82, 2.24) is 25.8 Å². The molecule has 1 aromatic carbocycles. The molecule has 1 saturated heterocycles. The Labute approximate surface area is 240 Å². The van der Waals surface area contributed by atoms with Gasteiger partial charge in [0.1, 0.15) is 12.1 Å². The number of β-amino-alcohol motifs (C(OH)–C–C–N with tert-alkyl or cyclic N) is 1. The van der Waals surface area contributed by atoms with E-state index in [2.05, 4.69) is 20.9 Å². The number of hydrogen-bond donors (Lipinski definition) is 5. The highest BCUT2D eigenvalue weighted by Gasteiger charge is 2.44. The van der Waals surface area contributed by atoms with Gasteiger partial charge in [0.15, 0.2) is 0 Å². The molecular weight excluding hydrogens is 530 g/mol. The van der Waals surface area contributed by atoms with Crippen LogP contribution < -0.4 is 16.0 Å². The van der Waals surface area contributed by atoms with Crippen LogP contribution in [0.4, 0.5) is 0 Å². The molecule has 0 bridgehead atoms. The maximum atomic E-state index is 13.7. The summed E-state index contributed by atoms with van der Waals surface area (Å²) < 4.78 is 0. The van der Waals surface area contributed by atoms with E-state index >= 15 is 0 Å². The summed E-state index contributed by atoms with van der Waals surface area (Å²) in [5, 5.41) is 29.3. The van der Waals surface area contributed by atoms with Crippen molar-refractivity contribution in [3.63, 3.8) is 0 Å². The molecule has 10 nitrogen and oxygen atoms in total. The highest BCUT2D eigenvalue weighted by molar-refractivity contribution is 7.13. The minimum Gasteiger partial charge on any atom is -0.394 e.